The third-order valence-corrected chi connectivity index (χ3v) is 5.70. The van der Waals surface area contributed by atoms with Crippen LogP contribution >= 0.6 is 11.3 Å². The van der Waals surface area contributed by atoms with Crippen LogP contribution in [0.3, 0.4) is 0 Å². The van der Waals surface area contributed by atoms with E-state index in [1.165, 1.54) is 11.3 Å². The highest BCUT2D eigenvalue weighted by Gasteiger charge is 2.24. The molecular weight excluding hydrogens is 448 g/mol. The lowest BCUT2D eigenvalue weighted by atomic mass is 10.1. The van der Waals surface area contributed by atoms with E-state index in [0.29, 0.717) is 27.5 Å². The quantitative estimate of drug-likeness (QED) is 0.287. The Labute approximate surface area is 200 Å². The third kappa shape index (κ3) is 6.08. The van der Waals surface area contributed by atoms with Crippen LogP contribution < -0.4 is 21.3 Å². The molecule has 4 aromatic rings. The maximum Gasteiger partial charge on any atom is 0.323 e. The van der Waals surface area contributed by atoms with Crippen molar-refractivity contribution in [3.63, 3.8) is 0 Å². The normalized spacial score (nSPS) is 11.2. The summed E-state index contributed by atoms with van der Waals surface area (Å²) < 4.78 is 0. The molecule has 8 heteroatoms. The molecule has 4 N–H and O–H groups in total. The number of carbonyl (C=O) groups is 3. The smallest absolute Gasteiger partial charge is 0.323 e. The van der Waals surface area contributed by atoms with Gasteiger partial charge < -0.3 is 21.3 Å². The first-order valence-electron chi connectivity index (χ1n) is 10.5. The van der Waals surface area contributed by atoms with Gasteiger partial charge in [0.25, 0.3) is 11.8 Å². The molecule has 1 unspecified atom stereocenters. The van der Waals surface area contributed by atoms with Crippen LogP contribution in [-0.2, 0) is 4.79 Å². The Morgan fingerprint density at radius 2 is 1.26 bits per heavy atom. The molecule has 4 amide bonds. The highest BCUT2D eigenvalue weighted by Crippen LogP contribution is 2.20. The van der Waals surface area contributed by atoms with Gasteiger partial charge in [-0.15, -0.1) is 11.3 Å². The van der Waals surface area contributed by atoms with E-state index in [1.54, 1.807) is 66.0 Å². The van der Waals surface area contributed by atoms with Gasteiger partial charge in [-0.1, -0.05) is 60.7 Å². The van der Waals surface area contributed by atoms with Gasteiger partial charge in [0.2, 0.25) is 0 Å². The molecule has 0 aliphatic carbocycles. The molecule has 0 saturated carbocycles. The van der Waals surface area contributed by atoms with Gasteiger partial charge in [0.05, 0.1) is 4.88 Å². The van der Waals surface area contributed by atoms with E-state index >= 15 is 0 Å². The van der Waals surface area contributed by atoms with Crippen LogP contribution in [-0.4, -0.2) is 17.8 Å². The van der Waals surface area contributed by atoms with Crippen molar-refractivity contribution in [1.29, 1.82) is 0 Å². The number of benzene rings is 3. The van der Waals surface area contributed by atoms with Gasteiger partial charge in [-0.25, -0.2) is 4.79 Å². The summed E-state index contributed by atoms with van der Waals surface area (Å²) in [6, 6.07) is 27.1. The topological polar surface area (TPSA) is 99.3 Å². The van der Waals surface area contributed by atoms with E-state index in [2.05, 4.69) is 21.3 Å². The second kappa shape index (κ2) is 10.9. The minimum absolute atomic E-state index is 0.327. The summed E-state index contributed by atoms with van der Waals surface area (Å²) in [6.45, 7) is 0. The van der Waals surface area contributed by atoms with Crippen molar-refractivity contribution < 1.29 is 14.4 Å². The first-order chi connectivity index (χ1) is 16.6. The zero-order chi connectivity index (χ0) is 23.8. The number of nitrogens with one attached hydrogen (secondary N) is 4. The lowest BCUT2D eigenvalue weighted by Crippen LogP contribution is -2.36. The average molecular weight is 471 g/mol. The molecule has 4 rings (SSSR count). The standard InChI is InChI=1S/C26H22N4O3S/c31-24(22-15-8-16-34-22)30-23(18-9-3-1-4-10-18)25(32)27-20-13-7-14-21(17-20)29-26(33)28-19-11-5-2-6-12-19/h1-17,23H,(H,27,32)(H,30,31)(H2,28,29,33). The summed E-state index contributed by atoms with van der Waals surface area (Å²) >= 11 is 1.30. The van der Waals surface area contributed by atoms with E-state index in [9.17, 15) is 14.4 Å². The molecule has 34 heavy (non-hydrogen) atoms. The van der Waals surface area contributed by atoms with Crippen molar-refractivity contribution >= 4 is 46.2 Å². The van der Waals surface area contributed by atoms with E-state index < -0.39 is 18.0 Å². The Kier molecular flexibility index (Phi) is 7.32. The van der Waals surface area contributed by atoms with Gasteiger partial charge in [-0.05, 0) is 47.3 Å². The summed E-state index contributed by atoms with van der Waals surface area (Å²) in [5.74, 6) is -0.728. The number of hydrogen-bond donors (Lipinski definition) is 4. The van der Waals surface area contributed by atoms with Crippen LogP contribution in [0.5, 0.6) is 0 Å². The highest BCUT2D eigenvalue weighted by molar-refractivity contribution is 7.12. The lowest BCUT2D eigenvalue weighted by Gasteiger charge is -2.19. The molecular formula is C26H22N4O3S. The predicted molar refractivity (Wildman–Crippen MR) is 135 cm³/mol. The number of hydrogen-bond acceptors (Lipinski definition) is 4. The molecule has 0 aliphatic heterocycles. The monoisotopic (exact) mass is 470 g/mol. The molecule has 1 atom stereocenters. The summed E-state index contributed by atoms with van der Waals surface area (Å²) in [5.41, 5.74) is 2.30. The summed E-state index contributed by atoms with van der Waals surface area (Å²) in [5, 5.41) is 12.9. The molecule has 1 aromatic heterocycles. The fourth-order valence-corrected chi connectivity index (χ4v) is 3.89. The number of carbonyl (C=O) groups excluding carboxylic acids is 3. The first kappa shape index (κ1) is 22.8. The average Bonchev–Trinajstić information content (AvgIpc) is 3.39. The molecule has 3 aromatic carbocycles. The van der Waals surface area contributed by atoms with Crippen LogP contribution in [0.4, 0.5) is 21.9 Å². The minimum atomic E-state index is -0.895. The Hall–Kier alpha value is -4.43. The van der Waals surface area contributed by atoms with Gasteiger partial charge in [0.1, 0.15) is 6.04 Å². The Morgan fingerprint density at radius 3 is 1.94 bits per heavy atom. The van der Waals surface area contributed by atoms with Crippen molar-refractivity contribution in [1.82, 2.24) is 5.32 Å². The lowest BCUT2D eigenvalue weighted by molar-refractivity contribution is -0.118. The van der Waals surface area contributed by atoms with E-state index in [-0.39, 0.29) is 5.91 Å². The number of para-hydroxylation sites is 1. The fourth-order valence-electron chi connectivity index (χ4n) is 3.26. The Balaban J connectivity index is 1.46. The van der Waals surface area contributed by atoms with Crippen molar-refractivity contribution in [2.45, 2.75) is 6.04 Å². The van der Waals surface area contributed by atoms with Gasteiger partial charge in [0, 0.05) is 17.1 Å². The van der Waals surface area contributed by atoms with Gasteiger partial charge in [0.15, 0.2) is 0 Å². The predicted octanol–water partition coefficient (Wildman–Crippen LogP) is 5.50. The summed E-state index contributed by atoms with van der Waals surface area (Å²) in [7, 11) is 0. The number of thiophene rings is 1. The molecule has 1 heterocycles. The van der Waals surface area contributed by atoms with Crippen LogP contribution in [0, 0.1) is 0 Å². The molecule has 0 radical (unpaired) electrons. The van der Waals surface area contributed by atoms with Gasteiger partial charge in [-0.3, -0.25) is 9.59 Å². The second-order valence-corrected chi connectivity index (χ2v) is 8.26. The van der Waals surface area contributed by atoms with Crippen LogP contribution in [0.1, 0.15) is 21.3 Å². The number of urea groups is 1. The van der Waals surface area contributed by atoms with Crippen LogP contribution in [0.15, 0.2) is 102 Å². The maximum absolute atomic E-state index is 13.2. The SMILES string of the molecule is O=C(Nc1ccccc1)Nc1cccc(NC(=O)C(NC(=O)c2cccs2)c2ccccc2)c1. The molecule has 0 aliphatic rings. The summed E-state index contributed by atoms with van der Waals surface area (Å²) in [4.78, 5) is 38.6. The third-order valence-electron chi connectivity index (χ3n) is 4.84. The molecule has 0 bridgehead atoms. The zero-order valence-electron chi connectivity index (χ0n) is 18.0. The molecule has 170 valence electrons. The Bertz CT molecular complexity index is 1260. The minimum Gasteiger partial charge on any atom is -0.336 e. The molecule has 0 fully saturated rings. The Morgan fingerprint density at radius 1 is 0.647 bits per heavy atom. The summed E-state index contributed by atoms with van der Waals surface area (Å²) in [6.07, 6.45) is 0. The van der Waals surface area contributed by atoms with E-state index in [4.69, 9.17) is 0 Å². The molecule has 0 spiro atoms. The maximum atomic E-state index is 13.2. The van der Waals surface area contributed by atoms with Crippen LogP contribution in [0.2, 0.25) is 0 Å². The first-order valence-corrected chi connectivity index (χ1v) is 11.4. The van der Waals surface area contributed by atoms with E-state index in [1.807, 2.05) is 36.4 Å². The van der Waals surface area contributed by atoms with Gasteiger partial charge in [-0.2, -0.15) is 0 Å². The molecule has 0 saturated heterocycles. The van der Waals surface area contributed by atoms with Crippen molar-refractivity contribution in [2.24, 2.45) is 0 Å². The molecule has 7 nitrogen and oxygen atoms in total. The fraction of sp³-hybridized carbons (Fsp3) is 0.0385. The highest BCUT2D eigenvalue weighted by atomic mass is 32.1. The van der Waals surface area contributed by atoms with Crippen molar-refractivity contribution in [3.05, 3.63) is 113 Å². The van der Waals surface area contributed by atoms with Crippen molar-refractivity contribution in [3.8, 4) is 0 Å². The number of rotatable bonds is 7. The van der Waals surface area contributed by atoms with Gasteiger partial charge >= 0.3 is 6.03 Å². The van der Waals surface area contributed by atoms with Crippen molar-refractivity contribution in [2.75, 3.05) is 16.0 Å². The number of amides is 4. The van der Waals surface area contributed by atoms with E-state index in [0.717, 1.165) is 0 Å². The largest absolute Gasteiger partial charge is 0.336 e. The number of anilines is 3. The van der Waals surface area contributed by atoms with Crippen LogP contribution in [0.25, 0.3) is 0 Å². The zero-order valence-corrected chi connectivity index (χ0v) is 18.8. The second-order valence-electron chi connectivity index (χ2n) is 7.31.